The molecule has 7 rings (SSSR count). The number of hydrogen-bond donors (Lipinski definition) is 3. The van der Waals surface area contributed by atoms with Crippen molar-refractivity contribution in [2.75, 3.05) is 28.2 Å². The fraction of sp³-hybridized carbons (Fsp3) is 0.286. The zero-order valence-corrected chi connectivity index (χ0v) is 21.5. The predicted molar refractivity (Wildman–Crippen MR) is 142 cm³/mol. The Morgan fingerprint density at radius 1 is 0.842 bits per heavy atom. The van der Waals surface area contributed by atoms with Crippen LogP contribution in [-0.2, 0) is 21.5 Å². The maximum Gasteiger partial charge on any atom is 0.327 e. The largest absolute Gasteiger partial charge is 0.361 e. The molecule has 1 unspecified atom stereocenters. The number of carbonyl (C=O) groups excluding carboxylic acids is 3. The Morgan fingerprint density at radius 3 is 2.13 bits per heavy atom. The van der Waals surface area contributed by atoms with E-state index in [-0.39, 0.29) is 18.3 Å². The first-order chi connectivity index (χ1) is 18.2. The van der Waals surface area contributed by atoms with Crippen LogP contribution in [0.2, 0.25) is 0 Å². The fourth-order valence-corrected chi connectivity index (χ4v) is 7.29. The Bertz CT molecular complexity index is 1740. The van der Waals surface area contributed by atoms with Gasteiger partial charge in [-0.05, 0) is 23.3 Å². The molecule has 4 aromatic rings. The molecule has 0 bridgehead atoms. The van der Waals surface area contributed by atoms with Crippen LogP contribution in [0.5, 0.6) is 0 Å². The van der Waals surface area contributed by atoms with Crippen molar-refractivity contribution in [3.05, 3.63) is 71.5 Å². The topological polar surface area (TPSA) is 120 Å². The minimum atomic E-state index is -1.56. The number of fused-ring (bicyclic) bond motifs is 5. The van der Waals surface area contributed by atoms with Crippen molar-refractivity contribution in [1.82, 2.24) is 29.6 Å². The smallest absolute Gasteiger partial charge is 0.327 e. The number of nitrogens with one attached hydrogen (secondary N) is 3. The van der Waals surface area contributed by atoms with Gasteiger partial charge in [0.2, 0.25) is 5.96 Å². The standard InChI is InChI=1S/C28H27N7O3/c1-32-23(36)27(34(3)25(32)29)13-17-15-9-6-8-12-20(15)31-22(17)28(24(37)33(2)26(38)35(28)4)21(27)18-14-30-19-11-7-5-10-16(18)19/h5-12,14,21,29-31H,13H2,1-4H3/t21?,27-,28+/m0/s1. The maximum atomic E-state index is 14.5. The van der Waals surface area contributed by atoms with Crippen molar-refractivity contribution in [2.24, 2.45) is 0 Å². The number of hydrogen-bond acceptors (Lipinski definition) is 4. The van der Waals surface area contributed by atoms with Crippen molar-refractivity contribution in [1.29, 1.82) is 5.41 Å². The van der Waals surface area contributed by atoms with Crippen molar-refractivity contribution >= 4 is 45.6 Å². The van der Waals surface area contributed by atoms with E-state index in [1.165, 1.54) is 16.8 Å². The monoisotopic (exact) mass is 509 g/mol. The van der Waals surface area contributed by atoms with Crippen LogP contribution in [-0.4, -0.2) is 87.1 Å². The summed E-state index contributed by atoms with van der Waals surface area (Å²) in [5, 5.41) is 10.6. The molecular weight excluding hydrogens is 482 g/mol. The van der Waals surface area contributed by atoms with E-state index in [9.17, 15) is 14.4 Å². The van der Waals surface area contributed by atoms with E-state index in [1.54, 1.807) is 26.0 Å². The summed E-state index contributed by atoms with van der Waals surface area (Å²) < 4.78 is 0. The minimum Gasteiger partial charge on any atom is -0.361 e. The van der Waals surface area contributed by atoms with Crippen LogP contribution in [0.15, 0.2) is 54.7 Å². The third-order valence-corrected chi connectivity index (χ3v) is 9.11. The highest BCUT2D eigenvalue weighted by Gasteiger charge is 2.74. The van der Waals surface area contributed by atoms with Gasteiger partial charge in [0.15, 0.2) is 5.54 Å². The lowest BCUT2D eigenvalue weighted by Gasteiger charge is -2.53. The van der Waals surface area contributed by atoms with Crippen molar-refractivity contribution < 1.29 is 14.4 Å². The highest BCUT2D eigenvalue weighted by molar-refractivity contribution is 6.14. The third kappa shape index (κ3) is 2.26. The van der Waals surface area contributed by atoms with Gasteiger partial charge in [0.25, 0.3) is 11.8 Å². The second-order valence-electron chi connectivity index (χ2n) is 10.6. The minimum absolute atomic E-state index is 0.0473. The SMILES string of the molecule is CN1C(=O)N(C)[C@@]2(C1=O)c1[nH]c3ccccc3c1C[C@@]1(C(=O)N(C)C(=N)N1C)C2c1c[nH]c2ccccc12. The van der Waals surface area contributed by atoms with E-state index in [2.05, 4.69) is 9.97 Å². The normalized spacial score (nSPS) is 27.3. The highest BCUT2D eigenvalue weighted by atomic mass is 16.2. The summed E-state index contributed by atoms with van der Waals surface area (Å²) in [4.78, 5) is 55.0. The molecule has 2 saturated heterocycles. The number of rotatable bonds is 1. The molecule has 1 aliphatic carbocycles. The number of imide groups is 1. The second kappa shape index (κ2) is 7.03. The Morgan fingerprint density at radius 2 is 1.50 bits per heavy atom. The molecule has 2 aliphatic heterocycles. The number of H-pyrrole nitrogens is 2. The van der Waals surface area contributed by atoms with Crippen LogP contribution >= 0.6 is 0 Å². The van der Waals surface area contributed by atoms with Crippen LogP contribution in [0.3, 0.4) is 0 Å². The zero-order chi connectivity index (χ0) is 26.7. The van der Waals surface area contributed by atoms with Gasteiger partial charge in [-0.3, -0.25) is 24.8 Å². The summed E-state index contributed by atoms with van der Waals surface area (Å²) in [6, 6.07) is 15.0. The van der Waals surface area contributed by atoms with E-state index < -0.39 is 28.9 Å². The van der Waals surface area contributed by atoms with Gasteiger partial charge in [-0.2, -0.15) is 0 Å². The van der Waals surface area contributed by atoms with Crippen molar-refractivity contribution in [2.45, 2.75) is 23.4 Å². The molecule has 3 N–H and O–H groups in total. The first-order valence-electron chi connectivity index (χ1n) is 12.5. The summed E-state index contributed by atoms with van der Waals surface area (Å²) in [6.45, 7) is 0. The van der Waals surface area contributed by atoms with Gasteiger partial charge in [-0.25, -0.2) is 4.79 Å². The van der Waals surface area contributed by atoms with Crippen LogP contribution in [0.4, 0.5) is 4.79 Å². The first-order valence-corrected chi connectivity index (χ1v) is 12.5. The lowest BCUT2D eigenvalue weighted by atomic mass is 9.58. The highest BCUT2D eigenvalue weighted by Crippen LogP contribution is 2.61. The molecule has 2 aromatic heterocycles. The van der Waals surface area contributed by atoms with E-state index in [4.69, 9.17) is 5.41 Å². The number of likely N-dealkylation sites (N-methyl/N-ethyl adjacent to an activating group) is 4. The van der Waals surface area contributed by atoms with Crippen LogP contribution in [0.1, 0.15) is 22.7 Å². The zero-order valence-electron chi connectivity index (χ0n) is 21.5. The lowest BCUT2D eigenvalue weighted by molar-refractivity contribution is -0.142. The van der Waals surface area contributed by atoms with Crippen LogP contribution < -0.4 is 0 Å². The number of benzene rings is 2. The van der Waals surface area contributed by atoms with Crippen LogP contribution in [0, 0.1) is 5.41 Å². The molecular formula is C28H27N7O3. The molecule has 0 radical (unpaired) electrons. The molecule has 38 heavy (non-hydrogen) atoms. The molecule has 2 spiro atoms. The molecule has 0 saturated carbocycles. The quantitative estimate of drug-likeness (QED) is 0.342. The molecule has 10 heteroatoms. The van der Waals surface area contributed by atoms with E-state index in [1.807, 2.05) is 54.7 Å². The fourth-order valence-electron chi connectivity index (χ4n) is 7.29. The first kappa shape index (κ1) is 22.6. The Balaban J connectivity index is 1.69. The number of aromatic amines is 2. The average molecular weight is 510 g/mol. The van der Waals surface area contributed by atoms with Gasteiger partial charge in [0.05, 0.1) is 11.6 Å². The summed E-state index contributed by atoms with van der Waals surface area (Å²) in [6.07, 6.45) is 2.11. The van der Waals surface area contributed by atoms with Gasteiger partial charge in [-0.15, -0.1) is 0 Å². The molecule has 2 fully saturated rings. The summed E-state index contributed by atoms with van der Waals surface area (Å²) >= 11 is 0. The van der Waals surface area contributed by atoms with Gasteiger partial charge >= 0.3 is 6.03 Å². The van der Waals surface area contributed by atoms with Gasteiger partial charge in [0, 0.05) is 62.6 Å². The summed E-state index contributed by atoms with van der Waals surface area (Å²) in [7, 11) is 6.45. The number of urea groups is 1. The van der Waals surface area contributed by atoms with Crippen LogP contribution in [0.25, 0.3) is 21.8 Å². The van der Waals surface area contributed by atoms with Crippen molar-refractivity contribution in [3.63, 3.8) is 0 Å². The third-order valence-electron chi connectivity index (χ3n) is 9.11. The van der Waals surface area contributed by atoms with E-state index in [0.29, 0.717) is 5.69 Å². The van der Waals surface area contributed by atoms with E-state index >= 15 is 0 Å². The molecule has 3 aliphatic rings. The number of para-hydroxylation sites is 2. The molecule has 3 atom stereocenters. The predicted octanol–water partition coefficient (Wildman–Crippen LogP) is 2.79. The number of amides is 4. The Labute approximate surface area is 218 Å². The van der Waals surface area contributed by atoms with E-state index in [0.717, 1.165) is 37.8 Å². The number of guanidine groups is 1. The average Bonchev–Trinajstić information content (AvgIpc) is 3.61. The number of carbonyl (C=O) groups is 3. The number of aromatic nitrogens is 2. The second-order valence-corrected chi connectivity index (χ2v) is 10.6. The molecule has 10 nitrogen and oxygen atoms in total. The molecule has 4 amide bonds. The van der Waals surface area contributed by atoms with Gasteiger partial charge in [0.1, 0.15) is 5.54 Å². The maximum absolute atomic E-state index is 14.5. The van der Waals surface area contributed by atoms with Gasteiger partial charge < -0.3 is 19.8 Å². The molecule has 4 heterocycles. The van der Waals surface area contributed by atoms with Crippen molar-refractivity contribution in [3.8, 4) is 0 Å². The Hall–Kier alpha value is -4.60. The summed E-state index contributed by atoms with van der Waals surface area (Å²) in [5.41, 5.74) is 0.959. The summed E-state index contributed by atoms with van der Waals surface area (Å²) in [5.74, 6) is -1.47. The van der Waals surface area contributed by atoms with Gasteiger partial charge in [-0.1, -0.05) is 36.4 Å². The molecule has 2 aromatic carbocycles. The number of nitrogens with zero attached hydrogens (tertiary/aromatic N) is 4. The lowest BCUT2D eigenvalue weighted by Crippen LogP contribution is -2.67. The molecule has 192 valence electrons. The Kier molecular flexibility index (Phi) is 4.18.